The van der Waals surface area contributed by atoms with Crippen molar-refractivity contribution >= 4 is 11.6 Å². The van der Waals surface area contributed by atoms with Crippen LogP contribution in [-0.2, 0) is 20.2 Å². The van der Waals surface area contributed by atoms with E-state index in [2.05, 4.69) is 24.3 Å². The maximum absolute atomic E-state index is 6.08. The molecular weight excluding hydrogens is 286 g/mol. The van der Waals surface area contributed by atoms with Gasteiger partial charge in [0.25, 0.3) is 0 Å². The normalized spacial score (nSPS) is 11.1. The molecule has 114 valence electrons. The molecule has 0 bridgehead atoms. The summed E-state index contributed by atoms with van der Waals surface area (Å²) in [6.45, 7) is 6.60. The Morgan fingerprint density at radius 2 is 2.19 bits per heavy atom. The lowest BCUT2D eigenvalue weighted by atomic mass is 10.1. The molecule has 0 fully saturated rings. The standard InChI is InChI=1S/C16H22ClN3O/c1-12(2)7-18-9-14-6-15(17)4-5-16(14)21-11-13-8-19-20(3)10-13/h4-6,8,10,12,18H,7,9,11H2,1-3H3. The summed E-state index contributed by atoms with van der Waals surface area (Å²) in [4.78, 5) is 0. The van der Waals surface area contributed by atoms with Crippen LogP contribution in [0.15, 0.2) is 30.6 Å². The lowest BCUT2D eigenvalue weighted by Gasteiger charge is -2.13. The van der Waals surface area contributed by atoms with Crippen LogP contribution in [0.5, 0.6) is 5.75 Å². The summed E-state index contributed by atoms with van der Waals surface area (Å²) in [5.41, 5.74) is 2.13. The van der Waals surface area contributed by atoms with Gasteiger partial charge in [0.05, 0.1) is 6.20 Å². The van der Waals surface area contributed by atoms with E-state index in [1.807, 2.05) is 37.6 Å². The van der Waals surface area contributed by atoms with Gasteiger partial charge in [-0.2, -0.15) is 5.10 Å². The quantitative estimate of drug-likeness (QED) is 0.852. The van der Waals surface area contributed by atoms with Crippen molar-refractivity contribution in [2.24, 2.45) is 13.0 Å². The van der Waals surface area contributed by atoms with E-state index < -0.39 is 0 Å². The van der Waals surface area contributed by atoms with E-state index in [0.29, 0.717) is 12.5 Å². The first-order valence-corrected chi connectivity index (χ1v) is 7.52. The van der Waals surface area contributed by atoms with E-state index in [1.54, 1.807) is 4.68 Å². The third kappa shape index (κ3) is 5.06. The first-order valence-electron chi connectivity index (χ1n) is 7.14. The summed E-state index contributed by atoms with van der Waals surface area (Å²) in [7, 11) is 1.90. The van der Waals surface area contributed by atoms with Crippen molar-refractivity contribution in [2.45, 2.75) is 27.0 Å². The number of nitrogens with one attached hydrogen (secondary N) is 1. The first kappa shape index (κ1) is 15.9. The smallest absolute Gasteiger partial charge is 0.124 e. The number of benzene rings is 1. The number of aromatic nitrogens is 2. The molecule has 0 atom stereocenters. The average molecular weight is 308 g/mol. The van der Waals surface area contributed by atoms with Crippen molar-refractivity contribution in [1.82, 2.24) is 15.1 Å². The summed E-state index contributed by atoms with van der Waals surface area (Å²) in [6, 6.07) is 5.73. The maximum atomic E-state index is 6.08. The van der Waals surface area contributed by atoms with Gasteiger partial charge in [0.15, 0.2) is 0 Å². The van der Waals surface area contributed by atoms with Crippen molar-refractivity contribution in [3.8, 4) is 5.75 Å². The Balaban J connectivity index is 2.00. The fraction of sp³-hybridized carbons (Fsp3) is 0.438. The predicted molar refractivity (Wildman–Crippen MR) is 85.5 cm³/mol. The molecule has 5 heteroatoms. The molecule has 0 radical (unpaired) electrons. The molecular formula is C16H22ClN3O. The second-order valence-corrected chi connectivity index (χ2v) is 6.02. The largest absolute Gasteiger partial charge is 0.488 e. The summed E-state index contributed by atoms with van der Waals surface area (Å²) in [5.74, 6) is 1.48. The van der Waals surface area contributed by atoms with Gasteiger partial charge in [-0.3, -0.25) is 4.68 Å². The molecule has 1 aromatic heterocycles. The third-order valence-corrected chi connectivity index (χ3v) is 3.28. The highest BCUT2D eigenvalue weighted by atomic mass is 35.5. The van der Waals surface area contributed by atoms with Gasteiger partial charge in [0.2, 0.25) is 0 Å². The highest BCUT2D eigenvalue weighted by Gasteiger charge is 2.06. The highest BCUT2D eigenvalue weighted by molar-refractivity contribution is 6.30. The number of aryl methyl sites for hydroxylation is 1. The van der Waals surface area contributed by atoms with Crippen LogP contribution < -0.4 is 10.1 Å². The van der Waals surface area contributed by atoms with Gasteiger partial charge in [0.1, 0.15) is 12.4 Å². The molecule has 2 rings (SSSR count). The van der Waals surface area contributed by atoms with Crippen LogP contribution in [0.2, 0.25) is 5.02 Å². The summed E-state index contributed by atoms with van der Waals surface area (Å²) >= 11 is 6.08. The molecule has 1 N–H and O–H groups in total. The minimum Gasteiger partial charge on any atom is -0.488 e. The Labute approximate surface area is 131 Å². The Bertz CT molecular complexity index is 581. The van der Waals surface area contributed by atoms with Gasteiger partial charge in [-0.15, -0.1) is 0 Å². The molecule has 0 saturated carbocycles. The van der Waals surface area contributed by atoms with Gasteiger partial charge in [-0.1, -0.05) is 25.4 Å². The summed E-state index contributed by atoms with van der Waals surface area (Å²) in [5, 5.41) is 8.28. The average Bonchev–Trinajstić information content (AvgIpc) is 2.83. The SMILES string of the molecule is CC(C)CNCc1cc(Cl)ccc1OCc1cnn(C)c1. The lowest BCUT2D eigenvalue weighted by Crippen LogP contribution is -2.19. The van der Waals surface area contributed by atoms with Crippen molar-refractivity contribution in [2.75, 3.05) is 6.54 Å². The van der Waals surface area contributed by atoms with E-state index in [-0.39, 0.29) is 0 Å². The van der Waals surface area contributed by atoms with Gasteiger partial charge in [0, 0.05) is 35.9 Å². The lowest BCUT2D eigenvalue weighted by molar-refractivity contribution is 0.302. The topological polar surface area (TPSA) is 39.1 Å². The molecule has 0 spiro atoms. The number of halogens is 1. The highest BCUT2D eigenvalue weighted by Crippen LogP contribution is 2.23. The zero-order valence-electron chi connectivity index (χ0n) is 12.8. The second-order valence-electron chi connectivity index (χ2n) is 5.59. The summed E-state index contributed by atoms with van der Waals surface area (Å²) < 4.78 is 7.67. The Hall–Kier alpha value is -1.52. The molecule has 0 saturated heterocycles. The van der Waals surface area contributed by atoms with Crippen LogP contribution in [0.25, 0.3) is 0 Å². The van der Waals surface area contributed by atoms with Crippen LogP contribution in [0.4, 0.5) is 0 Å². The van der Waals surface area contributed by atoms with Crippen LogP contribution in [-0.4, -0.2) is 16.3 Å². The van der Waals surface area contributed by atoms with Gasteiger partial charge in [-0.25, -0.2) is 0 Å². The number of hydrogen-bond acceptors (Lipinski definition) is 3. The molecule has 0 aliphatic heterocycles. The molecule has 0 aliphatic carbocycles. The van der Waals surface area contributed by atoms with Crippen molar-refractivity contribution in [3.05, 3.63) is 46.7 Å². The van der Waals surface area contributed by atoms with E-state index in [9.17, 15) is 0 Å². The monoisotopic (exact) mass is 307 g/mol. The zero-order chi connectivity index (χ0) is 15.2. The van der Waals surface area contributed by atoms with E-state index in [4.69, 9.17) is 16.3 Å². The molecule has 0 unspecified atom stereocenters. The van der Waals surface area contributed by atoms with Gasteiger partial charge < -0.3 is 10.1 Å². The minimum absolute atomic E-state index is 0.507. The maximum Gasteiger partial charge on any atom is 0.124 e. The van der Waals surface area contributed by atoms with Crippen molar-refractivity contribution in [1.29, 1.82) is 0 Å². The summed E-state index contributed by atoms with van der Waals surface area (Å²) in [6.07, 6.45) is 3.76. The zero-order valence-corrected chi connectivity index (χ0v) is 13.5. The predicted octanol–water partition coefficient (Wildman–Crippen LogP) is 3.40. The molecule has 1 heterocycles. The van der Waals surface area contributed by atoms with Crippen LogP contribution in [0, 0.1) is 5.92 Å². The molecule has 0 aliphatic rings. The van der Waals surface area contributed by atoms with E-state index in [0.717, 1.165) is 35.0 Å². The van der Waals surface area contributed by atoms with Crippen molar-refractivity contribution in [3.63, 3.8) is 0 Å². The Morgan fingerprint density at radius 1 is 1.38 bits per heavy atom. The number of nitrogens with zero attached hydrogens (tertiary/aromatic N) is 2. The van der Waals surface area contributed by atoms with Gasteiger partial charge >= 0.3 is 0 Å². The number of ether oxygens (including phenoxy) is 1. The number of rotatable bonds is 7. The fourth-order valence-electron chi connectivity index (χ4n) is 2.03. The van der Waals surface area contributed by atoms with Crippen molar-refractivity contribution < 1.29 is 4.74 Å². The minimum atomic E-state index is 0.507. The third-order valence-electron chi connectivity index (χ3n) is 3.04. The molecule has 2 aromatic rings. The molecule has 1 aromatic carbocycles. The number of hydrogen-bond donors (Lipinski definition) is 1. The Kier molecular flexibility index (Phi) is 5.65. The molecule has 21 heavy (non-hydrogen) atoms. The van der Waals surface area contributed by atoms with Crippen LogP contribution in [0.1, 0.15) is 25.0 Å². The van der Waals surface area contributed by atoms with Crippen LogP contribution >= 0.6 is 11.6 Å². The van der Waals surface area contributed by atoms with Crippen LogP contribution in [0.3, 0.4) is 0 Å². The fourth-order valence-corrected chi connectivity index (χ4v) is 2.22. The molecule has 4 nitrogen and oxygen atoms in total. The first-order chi connectivity index (χ1) is 10.0. The van der Waals surface area contributed by atoms with E-state index >= 15 is 0 Å². The Morgan fingerprint density at radius 3 is 2.86 bits per heavy atom. The molecule has 0 amide bonds. The van der Waals surface area contributed by atoms with Gasteiger partial charge in [-0.05, 0) is 30.7 Å². The van der Waals surface area contributed by atoms with E-state index in [1.165, 1.54) is 0 Å². The second kappa shape index (κ2) is 7.48.